The lowest BCUT2D eigenvalue weighted by Gasteiger charge is -2.08. The van der Waals surface area contributed by atoms with Crippen molar-refractivity contribution >= 4 is 11.6 Å². The number of amides is 1. The van der Waals surface area contributed by atoms with Gasteiger partial charge >= 0.3 is 0 Å². The molecule has 0 spiro atoms. The first-order valence-electron chi connectivity index (χ1n) is 4.91. The maximum absolute atomic E-state index is 13.0. The van der Waals surface area contributed by atoms with Crippen LogP contribution in [-0.2, 0) is 0 Å². The van der Waals surface area contributed by atoms with Crippen molar-refractivity contribution in [3.05, 3.63) is 41.4 Å². The zero-order chi connectivity index (χ0) is 13.5. The lowest BCUT2D eigenvalue weighted by molar-refractivity contribution is 0.0963. The highest BCUT2D eigenvalue weighted by Gasteiger charge is 2.10. The summed E-state index contributed by atoms with van der Waals surface area (Å²) < 4.78 is 13.0. The second-order valence-electron chi connectivity index (χ2n) is 3.19. The van der Waals surface area contributed by atoms with Crippen molar-refractivity contribution < 1.29 is 9.18 Å². The Morgan fingerprint density at radius 3 is 2.61 bits per heavy atom. The number of anilines is 1. The van der Waals surface area contributed by atoms with E-state index in [1.165, 1.54) is 19.2 Å². The number of nitrogens with zero attached hydrogens (tertiary/aromatic N) is 2. The van der Waals surface area contributed by atoms with Gasteiger partial charge in [-0.1, -0.05) is 0 Å². The van der Waals surface area contributed by atoms with Crippen molar-refractivity contribution in [3.63, 3.8) is 0 Å². The lowest BCUT2D eigenvalue weighted by atomic mass is 10.1. The van der Waals surface area contributed by atoms with E-state index in [2.05, 4.69) is 10.6 Å². The van der Waals surface area contributed by atoms with Crippen LogP contribution in [0.2, 0.25) is 0 Å². The number of rotatable bonds is 3. The zero-order valence-electron chi connectivity index (χ0n) is 9.49. The average molecular weight is 244 g/mol. The molecule has 0 aromatic heterocycles. The van der Waals surface area contributed by atoms with E-state index < -0.39 is 11.7 Å². The Labute approximate surface area is 103 Å². The van der Waals surface area contributed by atoms with Gasteiger partial charge in [-0.3, -0.25) is 4.79 Å². The molecule has 18 heavy (non-hydrogen) atoms. The number of nitrogens with one attached hydrogen (secondary N) is 2. The molecule has 2 N–H and O–H groups in total. The maximum atomic E-state index is 13.0. The Bertz CT molecular complexity index is 565. The maximum Gasteiger partial charge on any atom is 0.253 e. The quantitative estimate of drug-likeness (QED) is 0.789. The molecule has 0 unspecified atom stereocenters. The van der Waals surface area contributed by atoms with Gasteiger partial charge in [0.1, 0.15) is 23.5 Å². The number of carbonyl (C=O) groups excluding carboxylic acids is 1. The van der Waals surface area contributed by atoms with Gasteiger partial charge < -0.3 is 10.6 Å². The third-order valence-electron chi connectivity index (χ3n) is 2.07. The van der Waals surface area contributed by atoms with E-state index in [4.69, 9.17) is 10.5 Å². The molecular weight excluding hydrogens is 235 g/mol. The van der Waals surface area contributed by atoms with Gasteiger partial charge in [0.15, 0.2) is 0 Å². The molecule has 0 radical (unpaired) electrons. The van der Waals surface area contributed by atoms with Gasteiger partial charge in [-0.2, -0.15) is 10.5 Å². The van der Waals surface area contributed by atoms with Crippen molar-refractivity contribution in [2.75, 3.05) is 12.4 Å². The molecule has 0 heterocycles. The molecule has 0 fully saturated rings. The zero-order valence-corrected chi connectivity index (χ0v) is 9.49. The molecule has 5 nitrogen and oxygen atoms in total. The van der Waals surface area contributed by atoms with Crippen LogP contribution in [0.25, 0.3) is 0 Å². The second-order valence-corrected chi connectivity index (χ2v) is 3.19. The number of benzene rings is 1. The van der Waals surface area contributed by atoms with Crippen LogP contribution in [-0.4, -0.2) is 13.0 Å². The molecule has 0 aliphatic rings. The third kappa shape index (κ3) is 3.06. The minimum absolute atomic E-state index is 0.0870. The summed E-state index contributed by atoms with van der Waals surface area (Å²) in [7, 11) is 1.42. The largest absolute Gasteiger partial charge is 0.359 e. The van der Waals surface area contributed by atoms with Gasteiger partial charge in [-0.15, -0.1) is 0 Å². The van der Waals surface area contributed by atoms with Crippen LogP contribution < -0.4 is 10.6 Å². The summed E-state index contributed by atoms with van der Waals surface area (Å²) in [4.78, 5) is 11.5. The summed E-state index contributed by atoms with van der Waals surface area (Å²) in [5.41, 5.74) is 0.241. The first kappa shape index (κ1) is 13.2. The van der Waals surface area contributed by atoms with Gasteiger partial charge in [0.2, 0.25) is 0 Å². The van der Waals surface area contributed by atoms with E-state index in [9.17, 15) is 9.18 Å². The summed E-state index contributed by atoms with van der Waals surface area (Å²) >= 11 is 0. The van der Waals surface area contributed by atoms with Gasteiger partial charge in [0.05, 0.1) is 11.3 Å². The summed E-state index contributed by atoms with van der Waals surface area (Å²) in [6.07, 6.45) is 1.15. The number of hydrogen-bond donors (Lipinski definition) is 2. The fourth-order valence-corrected chi connectivity index (χ4v) is 1.20. The molecule has 1 aromatic rings. The molecular formula is C12H9FN4O. The monoisotopic (exact) mass is 244 g/mol. The van der Waals surface area contributed by atoms with Crippen LogP contribution in [0.1, 0.15) is 10.4 Å². The Kier molecular flexibility index (Phi) is 4.42. The second kappa shape index (κ2) is 6.02. The predicted octanol–water partition coefficient (Wildman–Crippen LogP) is 1.53. The minimum Gasteiger partial charge on any atom is -0.359 e. The van der Waals surface area contributed by atoms with Crippen molar-refractivity contribution in [2.24, 2.45) is 0 Å². The average Bonchev–Trinajstić information content (AvgIpc) is 2.40. The number of hydrogen-bond acceptors (Lipinski definition) is 4. The van der Waals surface area contributed by atoms with Crippen LogP contribution in [0.5, 0.6) is 0 Å². The normalized spacial score (nSPS) is 8.67. The standard InChI is InChI=1S/C12H9FN4O/c1-16-12(18)10-4-9(13)2-3-11(10)17-7-8(5-14)6-15/h2-4,7,17H,1H3,(H,16,18). The first-order chi connectivity index (χ1) is 8.62. The molecule has 1 rings (SSSR count). The van der Waals surface area contributed by atoms with Crippen molar-refractivity contribution in [1.82, 2.24) is 5.32 Å². The molecule has 0 aliphatic heterocycles. The molecule has 0 aliphatic carbocycles. The number of nitriles is 2. The molecule has 1 aromatic carbocycles. The predicted molar refractivity (Wildman–Crippen MR) is 62.7 cm³/mol. The Balaban J connectivity index is 3.11. The van der Waals surface area contributed by atoms with Gasteiger partial charge in [-0.05, 0) is 18.2 Å². The van der Waals surface area contributed by atoms with E-state index in [0.717, 1.165) is 12.3 Å². The molecule has 0 bridgehead atoms. The molecule has 6 heteroatoms. The highest BCUT2D eigenvalue weighted by molar-refractivity contribution is 5.99. The molecule has 90 valence electrons. The van der Waals surface area contributed by atoms with E-state index >= 15 is 0 Å². The Morgan fingerprint density at radius 1 is 1.39 bits per heavy atom. The Hall–Kier alpha value is -2.86. The van der Waals surface area contributed by atoms with Gasteiger partial charge in [-0.25, -0.2) is 4.39 Å². The Morgan fingerprint density at radius 2 is 2.06 bits per heavy atom. The fraction of sp³-hybridized carbons (Fsp3) is 0.0833. The SMILES string of the molecule is CNC(=O)c1cc(F)ccc1NC=C(C#N)C#N. The number of allylic oxidation sites excluding steroid dienone is 1. The number of halogens is 1. The van der Waals surface area contributed by atoms with Crippen LogP contribution in [0, 0.1) is 28.5 Å². The highest BCUT2D eigenvalue weighted by Crippen LogP contribution is 2.17. The van der Waals surface area contributed by atoms with Gasteiger partial charge in [0.25, 0.3) is 5.91 Å². The third-order valence-corrected chi connectivity index (χ3v) is 2.07. The topological polar surface area (TPSA) is 88.7 Å². The lowest BCUT2D eigenvalue weighted by Crippen LogP contribution is -2.19. The number of carbonyl (C=O) groups is 1. The summed E-state index contributed by atoms with van der Waals surface area (Å²) in [5.74, 6) is -1.02. The molecule has 0 saturated heterocycles. The summed E-state index contributed by atoms with van der Waals surface area (Å²) in [5, 5.41) is 22.1. The molecule has 0 atom stereocenters. The minimum atomic E-state index is -0.552. The first-order valence-corrected chi connectivity index (χ1v) is 4.91. The van der Waals surface area contributed by atoms with E-state index in [0.29, 0.717) is 5.69 Å². The highest BCUT2D eigenvalue weighted by atomic mass is 19.1. The van der Waals surface area contributed by atoms with E-state index in [-0.39, 0.29) is 11.1 Å². The van der Waals surface area contributed by atoms with Gasteiger partial charge in [0, 0.05) is 13.2 Å². The van der Waals surface area contributed by atoms with E-state index in [1.54, 1.807) is 12.1 Å². The summed E-state index contributed by atoms with van der Waals surface area (Å²) in [6.45, 7) is 0. The van der Waals surface area contributed by atoms with E-state index in [1.807, 2.05) is 0 Å². The molecule has 0 saturated carbocycles. The van der Waals surface area contributed by atoms with Crippen LogP contribution in [0.3, 0.4) is 0 Å². The van der Waals surface area contributed by atoms with Crippen LogP contribution in [0.4, 0.5) is 10.1 Å². The molecule has 1 amide bonds. The van der Waals surface area contributed by atoms with Crippen molar-refractivity contribution in [1.29, 1.82) is 10.5 Å². The van der Waals surface area contributed by atoms with Crippen molar-refractivity contribution in [3.8, 4) is 12.1 Å². The van der Waals surface area contributed by atoms with Crippen LogP contribution in [0.15, 0.2) is 30.0 Å². The van der Waals surface area contributed by atoms with Crippen LogP contribution >= 0.6 is 0 Å². The fourth-order valence-electron chi connectivity index (χ4n) is 1.20. The summed E-state index contributed by atoms with van der Waals surface area (Å²) in [6, 6.07) is 6.90. The van der Waals surface area contributed by atoms with Crippen molar-refractivity contribution in [2.45, 2.75) is 0 Å². The smallest absolute Gasteiger partial charge is 0.253 e.